The van der Waals surface area contributed by atoms with Gasteiger partial charge in [0, 0.05) is 6.54 Å². The maximum Gasteiger partial charge on any atom is 0.410 e. The number of carbonyl (C=O) groups excluding carboxylic acids is 1. The van der Waals surface area contributed by atoms with Gasteiger partial charge in [-0.25, -0.2) is 9.78 Å². The molecule has 0 saturated carbocycles. The van der Waals surface area contributed by atoms with E-state index >= 15 is 0 Å². The minimum absolute atomic E-state index is 0.0179. The first-order chi connectivity index (χ1) is 10.3. The molecule has 1 aromatic heterocycles. The third-order valence-corrected chi connectivity index (χ3v) is 4.35. The Kier molecular flexibility index (Phi) is 5.55. The molecule has 0 spiro atoms. The van der Waals surface area contributed by atoms with Gasteiger partial charge < -0.3 is 14.4 Å². The molecule has 0 aliphatic carbocycles. The Bertz CT molecular complexity index is 548. The van der Waals surface area contributed by atoms with E-state index in [1.165, 1.54) is 0 Å². The van der Waals surface area contributed by atoms with Crippen molar-refractivity contribution in [2.24, 2.45) is 0 Å². The zero-order valence-corrected chi connectivity index (χ0v) is 15.3. The average Bonchev–Trinajstić information content (AvgIpc) is 2.87. The second kappa shape index (κ2) is 7.04. The van der Waals surface area contributed by atoms with Gasteiger partial charge in [0.25, 0.3) is 0 Å². The summed E-state index contributed by atoms with van der Waals surface area (Å²) in [5, 5.41) is 0.392. The predicted molar refractivity (Wildman–Crippen MR) is 88.4 cm³/mol. The normalized spacial score (nSPS) is 18.4. The summed E-state index contributed by atoms with van der Waals surface area (Å²) >= 11 is 9.16. The van der Waals surface area contributed by atoms with Crippen molar-refractivity contribution in [1.29, 1.82) is 0 Å². The molecule has 1 aromatic rings. The quantitative estimate of drug-likeness (QED) is 0.722. The van der Waals surface area contributed by atoms with Crippen molar-refractivity contribution < 1.29 is 14.3 Å². The molecule has 0 N–H and O–H groups in total. The van der Waals surface area contributed by atoms with Crippen LogP contribution in [-0.4, -0.2) is 40.8 Å². The smallest absolute Gasteiger partial charge is 0.410 e. The topological polar surface area (TPSA) is 51.7 Å². The molecule has 1 fully saturated rings. The van der Waals surface area contributed by atoms with Gasteiger partial charge in [0.05, 0.1) is 16.7 Å². The lowest BCUT2D eigenvalue weighted by Gasteiger charge is -2.28. The molecule has 2 heterocycles. The van der Waals surface area contributed by atoms with Crippen LogP contribution in [0.4, 0.5) is 4.79 Å². The number of pyridine rings is 1. The van der Waals surface area contributed by atoms with E-state index in [0.717, 1.165) is 12.8 Å². The molecular weight excluding hydrogens is 372 g/mol. The van der Waals surface area contributed by atoms with Gasteiger partial charge in [-0.05, 0) is 55.6 Å². The molecule has 5 nitrogen and oxygen atoms in total. The fraction of sp³-hybridized carbons (Fsp3) is 0.600. The largest absolute Gasteiger partial charge is 0.490 e. The third-order valence-electron chi connectivity index (χ3n) is 3.22. The molecular formula is C15H20BrClN2O3. The summed E-state index contributed by atoms with van der Waals surface area (Å²) in [4.78, 5) is 17.9. The fourth-order valence-corrected chi connectivity index (χ4v) is 2.68. The average molecular weight is 392 g/mol. The summed E-state index contributed by atoms with van der Waals surface area (Å²) in [6, 6.07) is 1.78. The van der Waals surface area contributed by atoms with Gasteiger partial charge in [-0.15, -0.1) is 0 Å². The minimum Gasteiger partial charge on any atom is -0.490 e. The Morgan fingerprint density at radius 2 is 2.27 bits per heavy atom. The van der Waals surface area contributed by atoms with Crippen molar-refractivity contribution in [3.05, 3.63) is 21.9 Å². The first-order valence-electron chi connectivity index (χ1n) is 7.20. The van der Waals surface area contributed by atoms with Crippen LogP contribution in [0, 0.1) is 0 Å². The lowest BCUT2D eigenvalue weighted by atomic mass is 10.2. The molecule has 1 unspecified atom stereocenters. The highest BCUT2D eigenvalue weighted by atomic mass is 79.9. The maximum atomic E-state index is 12.2. The number of carbonyl (C=O) groups is 1. The zero-order valence-electron chi connectivity index (χ0n) is 12.9. The predicted octanol–water partition coefficient (Wildman–Crippen LogP) is 4.28. The summed E-state index contributed by atoms with van der Waals surface area (Å²) < 4.78 is 11.9. The number of aromatic nitrogens is 1. The van der Waals surface area contributed by atoms with Crippen molar-refractivity contribution in [3.63, 3.8) is 0 Å². The van der Waals surface area contributed by atoms with E-state index in [0.29, 0.717) is 28.5 Å². The number of halogens is 2. The van der Waals surface area contributed by atoms with Crippen molar-refractivity contribution in [1.82, 2.24) is 9.88 Å². The molecule has 22 heavy (non-hydrogen) atoms. The molecule has 122 valence electrons. The third kappa shape index (κ3) is 4.74. The summed E-state index contributed by atoms with van der Waals surface area (Å²) in [6.07, 6.45) is 3.14. The molecule has 0 aromatic carbocycles. The van der Waals surface area contributed by atoms with E-state index in [4.69, 9.17) is 21.1 Å². The maximum absolute atomic E-state index is 12.2. The molecule has 1 atom stereocenters. The van der Waals surface area contributed by atoms with E-state index < -0.39 is 5.60 Å². The van der Waals surface area contributed by atoms with Crippen LogP contribution in [-0.2, 0) is 4.74 Å². The number of rotatable bonds is 3. The second-order valence-corrected chi connectivity index (χ2v) is 7.44. The SMILES string of the molecule is CC(C)(C)OC(=O)N1CCCC1COc1cnc(Cl)c(Br)c1. The Hall–Kier alpha value is -1.01. The Balaban J connectivity index is 1.93. The molecule has 1 aliphatic rings. The van der Waals surface area contributed by atoms with Crippen LogP contribution >= 0.6 is 27.5 Å². The summed E-state index contributed by atoms with van der Waals surface area (Å²) in [6.45, 7) is 6.71. The highest BCUT2D eigenvalue weighted by Gasteiger charge is 2.32. The van der Waals surface area contributed by atoms with Crippen LogP contribution < -0.4 is 4.74 Å². The van der Waals surface area contributed by atoms with Gasteiger partial charge in [-0.1, -0.05) is 11.6 Å². The number of ether oxygens (including phenoxy) is 2. The Morgan fingerprint density at radius 3 is 2.91 bits per heavy atom. The van der Waals surface area contributed by atoms with Crippen LogP contribution in [0.25, 0.3) is 0 Å². The Morgan fingerprint density at radius 1 is 1.55 bits per heavy atom. The molecule has 1 saturated heterocycles. The second-order valence-electron chi connectivity index (χ2n) is 6.22. The summed E-state index contributed by atoms with van der Waals surface area (Å²) in [5.74, 6) is 0.618. The fourth-order valence-electron chi connectivity index (χ4n) is 2.24. The molecule has 7 heteroatoms. The van der Waals surface area contributed by atoms with Crippen LogP contribution in [0.2, 0.25) is 5.15 Å². The van der Waals surface area contributed by atoms with E-state index in [2.05, 4.69) is 20.9 Å². The first kappa shape index (κ1) is 17.3. The van der Waals surface area contributed by atoms with Gasteiger partial charge in [-0.2, -0.15) is 0 Å². The van der Waals surface area contributed by atoms with Crippen molar-refractivity contribution in [3.8, 4) is 5.75 Å². The van der Waals surface area contributed by atoms with Crippen molar-refractivity contribution in [2.45, 2.75) is 45.3 Å². The molecule has 1 amide bonds. The first-order valence-corrected chi connectivity index (χ1v) is 8.37. The number of nitrogens with zero attached hydrogens (tertiary/aromatic N) is 2. The lowest BCUT2D eigenvalue weighted by molar-refractivity contribution is 0.0187. The van der Waals surface area contributed by atoms with Crippen LogP contribution in [0.15, 0.2) is 16.7 Å². The van der Waals surface area contributed by atoms with Gasteiger partial charge in [0.15, 0.2) is 0 Å². The number of amides is 1. The van der Waals surface area contributed by atoms with Crippen molar-refractivity contribution in [2.75, 3.05) is 13.2 Å². The highest BCUT2D eigenvalue weighted by Crippen LogP contribution is 2.26. The number of likely N-dealkylation sites (tertiary alicyclic amines) is 1. The van der Waals surface area contributed by atoms with Gasteiger partial charge in [0.2, 0.25) is 0 Å². The molecule has 0 bridgehead atoms. The number of hydrogen-bond acceptors (Lipinski definition) is 4. The summed E-state index contributed by atoms with van der Waals surface area (Å²) in [7, 11) is 0. The van der Waals surface area contributed by atoms with Crippen LogP contribution in [0.5, 0.6) is 5.75 Å². The van der Waals surface area contributed by atoms with Crippen LogP contribution in [0.1, 0.15) is 33.6 Å². The molecule has 0 radical (unpaired) electrons. The molecule has 1 aliphatic heterocycles. The van der Waals surface area contributed by atoms with E-state index in [-0.39, 0.29) is 12.1 Å². The highest BCUT2D eigenvalue weighted by molar-refractivity contribution is 9.10. The lowest BCUT2D eigenvalue weighted by Crippen LogP contribution is -2.42. The molecule has 2 rings (SSSR count). The van der Waals surface area contributed by atoms with Gasteiger partial charge in [0.1, 0.15) is 23.1 Å². The monoisotopic (exact) mass is 390 g/mol. The zero-order chi connectivity index (χ0) is 16.3. The van der Waals surface area contributed by atoms with E-state index in [1.54, 1.807) is 17.2 Å². The van der Waals surface area contributed by atoms with Gasteiger partial charge in [-0.3, -0.25) is 0 Å². The van der Waals surface area contributed by atoms with E-state index in [9.17, 15) is 4.79 Å². The standard InChI is InChI=1S/C15H20BrClN2O3/c1-15(2,3)22-14(20)19-6-4-5-10(19)9-21-11-7-12(16)13(17)18-8-11/h7-8,10H,4-6,9H2,1-3H3. The van der Waals surface area contributed by atoms with E-state index in [1.807, 2.05) is 20.8 Å². The number of hydrogen-bond donors (Lipinski definition) is 0. The summed E-state index contributed by atoms with van der Waals surface area (Å²) in [5.41, 5.74) is -0.490. The van der Waals surface area contributed by atoms with Crippen LogP contribution in [0.3, 0.4) is 0 Å². The Labute approximate surface area is 144 Å². The van der Waals surface area contributed by atoms with Gasteiger partial charge >= 0.3 is 6.09 Å². The van der Waals surface area contributed by atoms with Crippen molar-refractivity contribution >= 4 is 33.6 Å². The minimum atomic E-state index is -0.490.